The number of thiophene rings is 1. The summed E-state index contributed by atoms with van der Waals surface area (Å²) >= 11 is 3.10. The van der Waals surface area contributed by atoms with Crippen LogP contribution in [-0.2, 0) is 11.3 Å². The first-order valence-electron chi connectivity index (χ1n) is 8.96. The zero-order valence-electron chi connectivity index (χ0n) is 14.7. The summed E-state index contributed by atoms with van der Waals surface area (Å²) in [5, 5.41) is 9.76. The summed E-state index contributed by atoms with van der Waals surface area (Å²) in [4.78, 5) is 14.1. The molecule has 0 bridgehead atoms. The molecular formula is C20H20FN3OS2. The maximum absolute atomic E-state index is 12.9. The van der Waals surface area contributed by atoms with Crippen LogP contribution >= 0.6 is 23.1 Å². The zero-order valence-corrected chi connectivity index (χ0v) is 16.4. The predicted molar refractivity (Wildman–Crippen MR) is 108 cm³/mol. The van der Waals surface area contributed by atoms with Gasteiger partial charge in [0.05, 0.1) is 17.2 Å². The third-order valence-corrected chi connectivity index (χ3v) is 6.31. The number of thioether (sulfide) groups is 1. The molecular weight excluding hydrogens is 381 g/mol. The van der Waals surface area contributed by atoms with Gasteiger partial charge in [-0.15, -0.1) is 23.1 Å². The van der Waals surface area contributed by atoms with Gasteiger partial charge in [0.25, 0.3) is 0 Å². The van der Waals surface area contributed by atoms with Crippen molar-refractivity contribution in [2.75, 3.05) is 12.3 Å². The van der Waals surface area contributed by atoms with Gasteiger partial charge in [-0.05, 0) is 54.6 Å². The summed E-state index contributed by atoms with van der Waals surface area (Å²) in [5.74, 6) is 0.635. The van der Waals surface area contributed by atoms with Gasteiger partial charge in [-0.25, -0.2) is 4.39 Å². The summed E-state index contributed by atoms with van der Waals surface area (Å²) in [6.07, 6.45) is 2.44. The van der Waals surface area contributed by atoms with Crippen molar-refractivity contribution in [1.29, 1.82) is 0 Å². The molecule has 1 N–H and O–H groups in total. The molecule has 1 fully saturated rings. The Morgan fingerprint density at radius 2 is 2.11 bits per heavy atom. The van der Waals surface area contributed by atoms with Crippen LogP contribution in [0.4, 0.5) is 4.39 Å². The molecule has 1 aromatic carbocycles. The summed E-state index contributed by atoms with van der Waals surface area (Å²) in [6.45, 7) is 1.22. The van der Waals surface area contributed by atoms with Crippen molar-refractivity contribution >= 4 is 29.0 Å². The van der Waals surface area contributed by atoms with Crippen LogP contribution in [0.1, 0.15) is 24.5 Å². The van der Waals surface area contributed by atoms with Crippen molar-refractivity contribution in [1.82, 2.24) is 15.1 Å². The average Bonchev–Trinajstić information content (AvgIpc) is 3.19. The van der Waals surface area contributed by atoms with Gasteiger partial charge in [-0.3, -0.25) is 9.48 Å². The SMILES string of the molecule is O=C(CSc1ccc(F)cc1)NCCn1nc(-c2cccs2)cc1C1CC1. The Balaban J connectivity index is 1.29. The van der Waals surface area contributed by atoms with Gasteiger partial charge >= 0.3 is 0 Å². The van der Waals surface area contributed by atoms with Crippen molar-refractivity contribution in [2.24, 2.45) is 0 Å². The highest BCUT2D eigenvalue weighted by Crippen LogP contribution is 2.41. The molecule has 7 heteroatoms. The fourth-order valence-corrected chi connectivity index (χ4v) is 4.30. The maximum atomic E-state index is 12.9. The van der Waals surface area contributed by atoms with Gasteiger partial charge < -0.3 is 5.32 Å². The lowest BCUT2D eigenvalue weighted by atomic mass is 10.2. The van der Waals surface area contributed by atoms with Crippen LogP contribution in [0.15, 0.2) is 52.7 Å². The van der Waals surface area contributed by atoms with E-state index in [2.05, 4.69) is 22.8 Å². The van der Waals surface area contributed by atoms with Crippen LogP contribution in [0.3, 0.4) is 0 Å². The summed E-state index contributed by atoms with van der Waals surface area (Å²) < 4.78 is 14.9. The molecule has 1 aliphatic rings. The standard InChI is InChI=1S/C20H20FN3OS2/c21-15-5-7-16(8-6-15)27-13-20(25)22-9-10-24-18(14-3-4-14)12-17(23-24)19-2-1-11-26-19/h1-2,5-8,11-12,14H,3-4,9-10,13H2,(H,22,25). The number of hydrogen-bond acceptors (Lipinski definition) is 4. The van der Waals surface area contributed by atoms with Crippen molar-refractivity contribution in [3.05, 3.63) is 59.4 Å². The summed E-state index contributed by atoms with van der Waals surface area (Å²) in [5.41, 5.74) is 2.29. The molecule has 0 unspecified atom stereocenters. The number of hydrogen-bond donors (Lipinski definition) is 1. The summed E-state index contributed by atoms with van der Waals surface area (Å²) in [7, 11) is 0. The zero-order chi connectivity index (χ0) is 18.6. The number of carbonyl (C=O) groups is 1. The Hall–Kier alpha value is -2.12. The fraction of sp³-hybridized carbons (Fsp3) is 0.300. The minimum absolute atomic E-state index is 0.0251. The van der Waals surface area contributed by atoms with Crippen LogP contribution in [0.2, 0.25) is 0 Å². The molecule has 1 aliphatic carbocycles. The number of nitrogens with zero attached hydrogens (tertiary/aromatic N) is 2. The van der Waals surface area contributed by atoms with E-state index in [9.17, 15) is 9.18 Å². The lowest BCUT2D eigenvalue weighted by Crippen LogP contribution is -2.29. The Morgan fingerprint density at radius 1 is 1.30 bits per heavy atom. The fourth-order valence-electron chi connectivity index (χ4n) is 2.89. The second kappa shape index (κ2) is 8.27. The number of amides is 1. The molecule has 4 nitrogen and oxygen atoms in total. The average molecular weight is 402 g/mol. The number of nitrogens with one attached hydrogen (secondary N) is 1. The molecule has 2 heterocycles. The van der Waals surface area contributed by atoms with Crippen LogP contribution in [0, 0.1) is 5.82 Å². The van der Waals surface area contributed by atoms with Crippen LogP contribution in [-0.4, -0.2) is 28.0 Å². The molecule has 2 aromatic heterocycles. The third kappa shape index (κ3) is 4.78. The number of carbonyl (C=O) groups excluding carboxylic acids is 1. The molecule has 27 heavy (non-hydrogen) atoms. The van der Waals surface area contributed by atoms with Crippen molar-refractivity contribution in [2.45, 2.75) is 30.2 Å². The van der Waals surface area contributed by atoms with Crippen LogP contribution in [0.5, 0.6) is 0 Å². The topological polar surface area (TPSA) is 46.9 Å². The van der Waals surface area contributed by atoms with E-state index in [1.165, 1.54) is 47.3 Å². The molecule has 4 rings (SSSR count). The maximum Gasteiger partial charge on any atom is 0.230 e. The number of rotatable bonds is 8. The highest BCUT2D eigenvalue weighted by atomic mass is 32.2. The van der Waals surface area contributed by atoms with E-state index in [1.54, 1.807) is 23.5 Å². The Bertz CT molecular complexity index is 902. The molecule has 1 amide bonds. The second-order valence-electron chi connectivity index (χ2n) is 6.52. The largest absolute Gasteiger partial charge is 0.354 e. The quantitative estimate of drug-likeness (QED) is 0.564. The van der Waals surface area contributed by atoms with Crippen molar-refractivity contribution in [3.8, 4) is 10.6 Å². The van der Waals surface area contributed by atoms with E-state index in [0.29, 0.717) is 24.8 Å². The lowest BCUT2D eigenvalue weighted by Gasteiger charge is -2.08. The first-order chi connectivity index (χ1) is 13.2. The minimum Gasteiger partial charge on any atom is -0.354 e. The molecule has 0 radical (unpaired) electrons. The monoisotopic (exact) mass is 401 g/mol. The normalized spacial score (nSPS) is 13.7. The smallest absolute Gasteiger partial charge is 0.230 e. The third-order valence-electron chi connectivity index (χ3n) is 4.41. The van der Waals surface area contributed by atoms with Crippen LogP contribution in [0.25, 0.3) is 10.6 Å². The first kappa shape index (κ1) is 18.3. The summed E-state index contributed by atoms with van der Waals surface area (Å²) in [6, 6.07) is 12.5. The van der Waals surface area contributed by atoms with E-state index >= 15 is 0 Å². The molecule has 0 atom stereocenters. The lowest BCUT2D eigenvalue weighted by molar-refractivity contribution is -0.118. The Kier molecular flexibility index (Phi) is 5.59. The van der Waals surface area contributed by atoms with E-state index in [4.69, 9.17) is 5.10 Å². The van der Waals surface area contributed by atoms with Gasteiger partial charge in [0.15, 0.2) is 0 Å². The molecule has 1 saturated carbocycles. The second-order valence-corrected chi connectivity index (χ2v) is 8.52. The van der Waals surface area contributed by atoms with Gasteiger partial charge in [-0.2, -0.15) is 5.10 Å². The molecule has 3 aromatic rings. The van der Waals surface area contributed by atoms with Gasteiger partial charge in [-0.1, -0.05) is 6.07 Å². The van der Waals surface area contributed by atoms with Crippen LogP contribution < -0.4 is 5.32 Å². The number of halogens is 1. The minimum atomic E-state index is -0.267. The highest BCUT2D eigenvalue weighted by molar-refractivity contribution is 8.00. The molecule has 0 saturated heterocycles. The number of aromatic nitrogens is 2. The van der Waals surface area contributed by atoms with E-state index < -0.39 is 0 Å². The van der Waals surface area contributed by atoms with Crippen molar-refractivity contribution < 1.29 is 9.18 Å². The van der Waals surface area contributed by atoms with Crippen molar-refractivity contribution in [3.63, 3.8) is 0 Å². The predicted octanol–water partition coefficient (Wildman–Crippen LogP) is 4.54. The molecule has 140 valence electrons. The van der Waals surface area contributed by atoms with Gasteiger partial charge in [0.2, 0.25) is 5.91 Å². The Labute approximate surface area is 165 Å². The van der Waals surface area contributed by atoms with E-state index in [-0.39, 0.29) is 11.7 Å². The van der Waals surface area contributed by atoms with Gasteiger partial charge in [0, 0.05) is 23.1 Å². The number of benzene rings is 1. The first-order valence-corrected chi connectivity index (χ1v) is 10.8. The van der Waals surface area contributed by atoms with E-state index in [1.807, 2.05) is 10.7 Å². The Morgan fingerprint density at radius 3 is 2.81 bits per heavy atom. The molecule has 0 aliphatic heterocycles. The highest BCUT2D eigenvalue weighted by Gasteiger charge is 2.28. The van der Waals surface area contributed by atoms with Gasteiger partial charge in [0.1, 0.15) is 11.5 Å². The van der Waals surface area contributed by atoms with E-state index in [0.717, 1.165) is 10.6 Å². The molecule has 0 spiro atoms.